The predicted octanol–water partition coefficient (Wildman–Crippen LogP) is 1.37. The summed E-state index contributed by atoms with van der Waals surface area (Å²) in [5.41, 5.74) is 4.75. The van der Waals surface area contributed by atoms with Gasteiger partial charge >= 0.3 is 13.5 Å². The second-order valence-electron chi connectivity index (χ2n) is 7.60. The number of hydrogen-bond acceptors (Lipinski definition) is 10. The number of rotatable bonds is 6. The molecule has 14 nitrogen and oxygen atoms in total. The minimum atomic E-state index is -4.47. The maximum Gasteiger partial charge on any atom is 0.475 e. The van der Waals surface area contributed by atoms with Crippen molar-refractivity contribution >= 4 is 7.82 Å². The summed E-state index contributed by atoms with van der Waals surface area (Å²) in [4.78, 5) is 27.9. The summed E-state index contributed by atoms with van der Waals surface area (Å²) in [6.45, 7) is -1.20. The van der Waals surface area contributed by atoms with Crippen LogP contribution in [-0.4, -0.2) is 50.9 Å². The molecule has 2 aliphatic heterocycles. The number of aromatic amines is 1. The molecule has 0 radical (unpaired) electrons. The van der Waals surface area contributed by atoms with E-state index in [2.05, 4.69) is 10.0 Å². The van der Waals surface area contributed by atoms with Crippen LogP contribution >= 0.6 is 7.82 Å². The first kappa shape index (κ1) is 25.2. The van der Waals surface area contributed by atoms with Crippen LogP contribution in [0.1, 0.15) is 24.3 Å². The first-order valence-electron chi connectivity index (χ1n) is 10.0. The predicted molar refractivity (Wildman–Crippen MR) is 110 cm³/mol. The Hall–Kier alpha value is -2.94. The first-order valence-corrected chi connectivity index (χ1v) is 11.5. The summed E-state index contributed by atoms with van der Waals surface area (Å²) < 4.78 is 62.1. The number of H-pyrrole nitrogens is 1. The van der Waals surface area contributed by atoms with E-state index in [1.165, 1.54) is 0 Å². The fraction of sp³-hybridized carbons (Fsp3) is 0.444. The van der Waals surface area contributed by atoms with Crippen molar-refractivity contribution in [1.82, 2.24) is 9.55 Å². The van der Waals surface area contributed by atoms with E-state index in [-0.39, 0.29) is 18.6 Å². The van der Waals surface area contributed by atoms with Crippen molar-refractivity contribution in [2.45, 2.75) is 36.7 Å². The van der Waals surface area contributed by atoms with Crippen molar-refractivity contribution < 1.29 is 41.9 Å². The average molecular weight is 517 g/mol. The number of phosphoric acid groups is 1. The number of phosphoric ester groups is 1. The van der Waals surface area contributed by atoms with Crippen LogP contribution in [0.5, 0.6) is 0 Å². The van der Waals surface area contributed by atoms with Crippen molar-refractivity contribution in [3.8, 4) is 0 Å². The smallest absolute Gasteiger partial charge is 0.387 e. The van der Waals surface area contributed by atoms with E-state index >= 15 is 0 Å². The van der Waals surface area contributed by atoms with Gasteiger partial charge in [-0.2, -0.15) is 0 Å². The van der Waals surface area contributed by atoms with E-state index < -0.39 is 67.6 Å². The number of aliphatic hydroxyl groups is 2. The van der Waals surface area contributed by atoms with E-state index in [1.807, 2.05) is 4.98 Å². The molecule has 1 aromatic carbocycles. The highest BCUT2D eigenvalue weighted by Gasteiger charge is 2.56. The number of aromatic nitrogens is 2. The van der Waals surface area contributed by atoms with Crippen LogP contribution in [0, 0.1) is 11.6 Å². The first-order chi connectivity index (χ1) is 16.6. The Morgan fingerprint density at radius 1 is 1.34 bits per heavy atom. The molecule has 4 rings (SSSR count). The molecular weight excluding hydrogens is 499 g/mol. The highest BCUT2D eigenvalue weighted by molar-refractivity contribution is 7.48. The van der Waals surface area contributed by atoms with E-state index in [9.17, 15) is 33.1 Å². The van der Waals surface area contributed by atoms with Crippen LogP contribution in [0.15, 0.2) is 45.2 Å². The van der Waals surface area contributed by atoms with Gasteiger partial charge in [0.05, 0.1) is 19.3 Å². The lowest BCUT2D eigenvalue weighted by Crippen LogP contribution is -2.45. The van der Waals surface area contributed by atoms with Gasteiger partial charge in [-0.1, -0.05) is 11.2 Å². The Labute approximate surface area is 193 Å². The quantitative estimate of drug-likeness (QED) is 0.219. The van der Waals surface area contributed by atoms with Crippen molar-refractivity contribution in [3.63, 3.8) is 0 Å². The summed E-state index contributed by atoms with van der Waals surface area (Å²) in [6.07, 6.45) is -5.61. The van der Waals surface area contributed by atoms with Crippen LogP contribution in [0.2, 0.25) is 0 Å². The Balaban J connectivity index is 1.56. The number of benzene rings is 1. The maximum atomic E-state index is 14.2. The van der Waals surface area contributed by atoms with Crippen LogP contribution in [0.4, 0.5) is 8.78 Å². The number of ether oxygens (including phenoxy) is 1. The van der Waals surface area contributed by atoms with Crippen molar-refractivity contribution in [3.05, 3.63) is 78.9 Å². The molecule has 3 N–H and O–H groups in total. The van der Waals surface area contributed by atoms with Crippen molar-refractivity contribution in [1.29, 1.82) is 0 Å². The van der Waals surface area contributed by atoms with Gasteiger partial charge in [-0.25, -0.2) is 18.1 Å². The van der Waals surface area contributed by atoms with Crippen molar-refractivity contribution in [2.24, 2.45) is 5.11 Å². The summed E-state index contributed by atoms with van der Waals surface area (Å²) in [6, 6.07) is 3.67. The van der Waals surface area contributed by atoms with Crippen LogP contribution in [0.3, 0.4) is 0 Å². The highest BCUT2D eigenvalue weighted by atomic mass is 31.2. The molecule has 0 aliphatic carbocycles. The number of nitrogens with zero attached hydrogens (tertiary/aromatic N) is 4. The molecule has 0 amide bonds. The molecule has 6 atom stereocenters. The summed E-state index contributed by atoms with van der Waals surface area (Å²) in [7, 11) is -4.47. The summed E-state index contributed by atoms with van der Waals surface area (Å²) in [5, 5.41) is 24.3. The van der Waals surface area contributed by atoms with Gasteiger partial charge in [0.25, 0.3) is 5.56 Å². The van der Waals surface area contributed by atoms with Crippen LogP contribution in [0.25, 0.3) is 10.4 Å². The van der Waals surface area contributed by atoms with Gasteiger partial charge in [0, 0.05) is 35.2 Å². The molecule has 0 spiro atoms. The monoisotopic (exact) mass is 517 g/mol. The van der Waals surface area contributed by atoms with E-state index in [4.69, 9.17) is 23.8 Å². The Kier molecular flexibility index (Phi) is 6.90. The van der Waals surface area contributed by atoms with Gasteiger partial charge < -0.3 is 14.9 Å². The van der Waals surface area contributed by atoms with E-state index in [1.54, 1.807) is 0 Å². The lowest BCUT2D eigenvalue weighted by atomic mass is 10.1. The number of azide groups is 1. The molecule has 17 heteroatoms. The zero-order chi connectivity index (χ0) is 25.4. The minimum Gasteiger partial charge on any atom is -0.387 e. The SMILES string of the molecule is [N-]=[N+]=N[C@]1(COP2(=O)OCC[C@@H](c3ccc(F)cc3F)O2)O[C@@H](n2ccc(=O)[nH]c2=O)[C@H](O)[C@@H]1O. The van der Waals surface area contributed by atoms with E-state index in [0.717, 1.165) is 29.0 Å². The number of halogens is 2. The Morgan fingerprint density at radius 3 is 2.80 bits per heavy atom. The normalized spacial score (nSPS) is 32.8. The van der Waals surface area contributed by atoms with Gasteiger partial charge in [-0.15, -0.1) is 0 Å². The number of nitrogens with one attached hydrogen (secondary N) is 1. The third-order valence-electron chi connectivity index (χ3n) is 5.37. The van der Waals surface area contributed by atoms with Gasteiger partial charge in [0.15, 0.2) is 6.23 Å². The lowest BCUT2D eigenvalue weighted by molar-refractivity contribution is -0.127. The number of aliphatic hydroxyl groups excluding tert-OH is 2. The molecular formula is C18H18F2N5O9P. The van der Waals surface area contributed by atoms with Gasteiger partial charge in [0.2, 0.25) is 5.72 Å². The summed E-state index contributed by atoms with van der Waals surface area (Å²) >= 11 is 0. The molecule has 188 valence electrons. The Morgan fingerprint density at radius 2 is 2.11 bits per heavy atom. The molecule has 2 aliphatic rings. The maximum absolute atomic E-state index is 14.2. The molecule has 35 heavy (non-hydrogen) atoms. The van der Waals surface area contributed by atoms with Crippen LogP contribution < -0.4 is 11.2 Å². The molecule has 0 bridgehead atoms. The fourth-order valence-electron chi connectivity index (χ4n) is 3.65. The Bertz CT molecular complexity index is 1330. The third kappa shape index (κ3) is 4.91. The largest absolute Gasteiger partial charge is 0.475 e. The zero-order valence-electron chi connectivity index (χ0n) is 17.6. The highest BCUT2D eigenvalue weighted by Crippen LogP contribution is 2.58. The van der Waals surface area contributed by atoms with Gasteiger partial charge in [-0.3, -0.25) is 27.9 Å². The van der Waals surface area contributed by atoms with Gasteiger partial charge in [0.1, 0.15) is 23.8 Å². The third-order valence-corrected chi connectivity index (χ3v) is 6.82. The molecule has 1 aromatic heterocycles. The summed E-state index contributed by atoms with van der Waals surface area (Å²) in [5.74, 6) is -1.77. The fourth-order valence-corrected chi connectivity index (χ4v) is 5.05. The zero-order valence-corrected chi connectivity index (χ0v) is 18.5. The standard InChI is InChI=1S/C18H18F2N5O9P/c19-9-1-2-10(11(20)7-9)12-4-6-31-35(30,34-12)32-8-18(23-24-21)15(28)14(27)16(33-18)25-5-3-13(26)22-17(25)29/h1-3,5,7,12,14-16,27-28H,4,6,8H2,(H,22,26,29)/t12-,14+,15-,16+,18+,35?/m0/s1. The minimum absolute atomic E-state index is 0.0480. The van der Waals surface area contributed by atoms with Crippen LogP contribution in [-0.2, 0) is 22.9 Å². The van der Waals surface area contributed by atoms with Crippen molar-refractivity contribution in [2.75, 3.05) is 13.2 Å². The molecule has 2 saturated heterocycles. The molecule has 3 heterocycles. The number of hydrogen-bond donors (Lipinski definition) is 3. The van der Waals surface area contributed by atoms with Gasteiger partial charge in [-0.05, 0) is 11.6 Å². The second-order valence-corrected chi connectivity index (χ2v) is 9.22. The molecule has 1 unspecified atom stereocenters. The lowest BCUT2D eigenvalue weighted by Gasteiger charge is -2.32. The molecule has 2 aromatic rings. The topological polar surface area (TPSA) is 198 Å². The second kappa shape index (κ2) is 9.60. The van der Waals surface area contributed by atoms with E-state index in [0.29, 0.717) is 6.07 Å². The molecule has 2 fully saturated rings. The molecule has 0 saturated carbocycles. The average Bonchev–Trinajstić information content (AvgIpc) is 3.04.